The first-order chi connectivity index (χ1) is 16.5. The van der Waals surface area contributed by atoms with Crippen LogP contribution in [0.2, 0.25) is 0 Å². The molecule has 2 aliphatic rings. The van der Waals surface area contributed by atoms with Crippen LogP contribution < -0.4 is 5.32 Å². The van der Waals surface area contributed by atoms with E-state index in [4.69, 9.17) is 9.84 Å². The molecule has 0 radical (unpaired) electrons. The summed E-state index contributed by atoms with van der Waals surface area (Å²) in [6, 6.07) is 15.7. The fourth-order valence-electron chi connectivity index (χ4n) is 4.76. The lowest BCUT2D eigenvalue weighted by molar-refractivity contribution is -0.141. The van der Waals surface area contributed by atoms with Gasteiger partial charge in [-0.3, -0.25) is 9.59 Å². The molecule has 1 saturated heterocycles. The number of carbonyl (C=O) groups excluding carboxylic acids is 2. The maximum absolute atomic E-state index is 13.0. The second kappa shape index (κ2) is 11.0. The molecule has 8 heteroatoms. The number of carbonyl (C=O) groups is 3. The number of benzene rings is 2. The maximum atomic E-state index is 13.0. The summed E-state index contributed by atoms with van der Waals surface area (Å²) >= 11 is 1.61. The second-order valence-electron chi connectivity index (χ2n) is 8.85. The Bertz CT molecular complexity index is 1010. The number of likely N-dealkylation sites (tertiary alicyclic amines) is 1. The van der Waals surface area contributed by atoms with Gasteiger partial charge in [0.2, 0.25) is 5.91 Å². The van der Waals surface area contributed by atoms with E-state index in [-0.39, 0.29) is 30.8 Å². The van der Waals surface area contributed by atoms with Crippen molar-refractivity contribution in [2.24, 2.45) is 5.92 Å². The van der Waals surface area contributed by atoms with Crippen LogP contribution in [-0.2, 0) is 14.3 Å². The number of alkyl carbamates (subject to hydrolysis) is 1. The molecule has 7 nitrogen and oxygen atoms in total. The van der Waals surface area contributed by atoms with Crippen LogP contribution in [0.3, 0.4) is 0 Å². The molecule has 1 heterocycles. The maximum Gasteiger partial charge on any atom is 0.407 e. The molecule has 1 atom stereocenters. The third kappa shape index (κ3) is 5.38. The Kier molecular flexibility index (Phi) is 7.77. The van der Waals surface area contributed by atoms with Crippen LogP contribution in [0.1, 0.15) is 36.3 Å². The molecule has 0 bridgehead atoms. The van der Waals surface area contributed by atoms with Crippen molar-refractivity contribution in [3.8, 4) is 11.1 Å². The average Bonchev–Trinajstić information content (AvgIpc) is 3.12. The van der Waals surface area contributed by atoms with E-state index in [9.17, 15) is 14.4 Å². The molecule has 1 aliphatic carbocycles. The highest BCUT2D eigenvalue weighted by Gasteiger charge is 2.35. The summed E-state index contributed by atoms with van der Waals surface area (Å²) in [6.45, 7) is 1.27. The molecular weight excluding hydrogens is 452 g/mol. The predicted octanol–water partition coefficient (Wildman–Crippen LogP) is 3.97. The number of ether oxygens (including phenoxy) is 1. The zero-order chi connectivity index (χ0) is 24.1. The van der Waals surface area contributed by atoms with E-state index in [2.05, 4.69) is 29.6 Å². The van der Waals surface area contributed by atoms with Crippen LogP contribution in [0.25, 0.3) is 11.1 Å². The van der Waals surface area contributed by atoms with Crippen molar-refractivity contribution >= 4 is 29.7 Å². The zero-order valence-corrected chi connectivity index (χ0v) is 20.1. The molecule has 2 N–H and O–H groups in total. The molecule has 1 unspecified atom stereocenters. The molecule has 0 saturated carbocycles. The van der Waals surface area contributed by atoms with Gasteiger partial charge in [0.25, 0.3) is 0 Å². The Morgan fingerprint density at radius 3 is 2.29 bits per heavy atom. The van der Waals surface area contributed by atoms with Gasteiger partial charge in [-0.15, -0.1) is 0 Å². The van der Waals surface area contributed by atoms with Crippen molar-refractivity contribution < 1.29 is 24.2 Å². The molecule has 2 amide bonds. The fourth-order valence-corrected chi connectivity index (χ4v) is 5.23. The number of aliphatic carboxylic acids is 1. The molecular formula is C26H30N2O5S. The summed E-state index contributed by atoms with van der Waals surface area (Å²) in [6.07, 6.45) is 2.56. The Hall–Kier alpha value is -3.00. The van der Waals surface area contributed by atoms with Gasteiger partial charge in [0.1, 0.15) is 12.6 Å². The van der Waals surface area contributed by atoms with Crippen LogP contribution in [0.4, 0.5) is 4.79 Å². The van der Waals surface area contributed by atoms with E-state index in [1.54, 1.807) is 16.7 Å². The van der Waals surface area contributed by atoms with E-state index in [1.165, 1.54) is 0 Å². The van der Waals surface area contributed by atoms with E-state index < -0.39 is 18.1 Å². The van der Waals surface area contributed by atoms with Crippen molar-refractivity contribution in [3.05, 3.63) is 59.7 Å². The summed E-state index contributed by atoms with van der Waals surface area (Å²) < 4.78 is 5.62. The third-order valence-corrected chi connectivity index (χ3v) is 7.22. The van der Waals surface area contributed by atoms with E-state index >= 15 is 0 Å². The number of carboxylic acids is 1. The monoisotopic (exact) mass is 482 g/mol. The second-order valence-corrected chi connectivity index (χ2v) is 9.83. The van der Waals surface area contributed by atoms with Crippen LogP contribution in [0.15, 0.2) is 48.5 Å². The smallest absolute Gasteiger partial charge is 0.407 e. The number of hydrogen-bond donors (Lipinski definition) is 2. The van der Waals surface area contributed by atoms with Crippen molar-refractivity contribution in [2.75, 3.05) is 31.7 Å². The van der Waals surface area contributed by atoms with Crippen LogP contribution >= 0.6 is 11.8 Å². The van der Waals surface area contributed by atoms with Gasteiger partial charge in [-0.25, -0.2) is 4.79 Å². The van der Waals surface area contributed by atoms with Crippen LogP contribution in [0.5, 0.6) is 0 Å². The third-order valence-electron chi connectivity index (χ3n) is 6.58. The van der Waals surface area contributed by atoms with Gasteiger partial charge in [0.05, 0.1) is 0 Å². The normalized spacial score (nSPS) is 15.7. The van der Waals surface area contributed by atoms with Gasteiger partial charge in [0, 0.05) is 25.4 Å². The number of rotatable bonds is 10. The van der Waals surface area contributed by atoms with Crippen molar-refractivity contribution in [3.63, 3.8) is 0 Å². The fraction of sp³-hybridized carbons (Fsp3) is 0.423. The van der Waals surface area contributed by atoms with E-state index in [0.717, 1.165) is 28.0 Å². The lowest BCUT2D eigenvalue weighted by Crippen LogP contribution is -2.57. The molecule has 0 aromatic heterocycles. The van der Waals surface area contributed by atoms with Gasteiger partial charge >= 0.3 is 12.1 Å². The Labute approximate surface area is 203 Å². The number of nitrogens with zero attached hydrogens (tertiary/aromatic N) is 1. The predicted molar refractivity (Wildman–Crippen MR) is 132 cm³/mol. The molecule has 1 aliphatic heterocycles. The quantitative estimate of drug-likeness (QED) is 0.532. The topological polar surface area (TPSA) is 95.9 Å². The first-order valence-corrected chi connectivity index (χ1v) is 13.0. The summed E-state index contributed by atoms with van der Waals surface area (Å²) in [5, 5.41) is 11.6. The summed E-state index contributed by atoms with van der Waals surface area (Å²) in [5.41, 5.74) is 4.60. The van der Waals surface area contributed by atoms with Crippen LogP contribution in [-0.4, -0.2) is 65.7 Å². The van der Waals surface area contributed by atoms with Crippen LogP contribution in [0, 0.1) is 5.92 Å². The minimum absolute atomic E-state index is 0.0381. The molecule has 2 aromatic carbocycles. The highest BCUT2D eigenvalue weighted by atomic mass is 32.2. The van der Waals surface area contributed by atoms with Crippen molar-refractivity contribution in [1.29, 1.82) is 0 Å². The van der Waals surface area contributed by atoms with Gasteiger partial charge in [-0.05, 0) is 53.0 Å². The summed E-state index contributed by atoms with van der Waals surface area (Å²) in [4.78, 5) is 38.1. The standard InChI is InChI=1S/C26H30N2O5S/c1-34-13-12-23(25(31)28-14-17(15-28)10-11-24(29)30)27-26(32)33-16-22-20-8-4-2-6-18(20)19-7-3-5-9-21(19)22/h2-9,17,22-23H,10-16H2,1H3,(H,27,32)(H,29,30). The number of hydrogen-bond acceptors (Lipinski definition) is 5. The van der Waals surface area contributed by atoms with Gasteiger partial charge < -0.3 is 20.1 Å². The molecule has 2 aromatic rings. The van der Waals surface area contributed by atoms with E-state index in [1.807, 2.05) is 30.5 Å². The van der Waals surface area contributed by atoms with Gasteiger partial charge in [-0.2, -0.15) is 11.8 Å². The Morgan fingerprint density at radius 1 is 1.09 bits per heavy atom. The minimum Gasteiger partial charge on any atom is -0.481 e. The molecule has 34 heavy (non-hydrogen) atoms. The molecule has 180 valence electrons. The minimum atomic E-state index is -0.820. The highest BCUT2D eigenvalue weighted by Crippen LogP contribution is 2.44. The highest BCUT2D eigenvalue weighted by molar-refractivity contribution is 7.98. The SMILES string of the molecule is CSCCC(NC(=O)OCC1c2ccccc2-c2ccccc21)C(=O)N1CC(CCC(=O)O)C1. The molecule has 4 rings (SSSR count). The number of thioether (sulfide) groups is 1. The van der Waals surface area contributed by atoms with Gasteiger partial charge in [0.15, 0.2) is 0 Å². The molecule has 1 fully saturated rings. The first-order valence-electron chi connectivity index (χ1n) is 11.6. The molecule has 0 spiro atoms. The number of nitrogens with one attached hydrogen (secondary N) is 1. The number of carboxylic acid groups (broad SMARTS) is 1. The van der Waals surface area contributed by atoms with Crippen molar-refractivity contribution in [2.45, 2.75) is 31.2 Å². The summed E-state index contributed by atoms with van der Waals surface area (Å²) in [7, 11) is 0. The average molecular weight is 483 g/mol. The lowest BCUT2D eigenvalue weighted by Gasteiger charge is -2.41. The van der Waals surface area contributed by atoms with Crippen molar-refractivity contribution in [1.82, 2.24) is 10.2 Å². The summed E-state index contributed by atoms with van der Waals surface area (Å²) in [5.74, 6) is -0.0515. The first kappa shape index (κ1) is 24.1. The van der Waals surface area contributed by atoms with E-state index in [0.29, 0.717) is 25.9 Å². The van der Waals surface area contributed by atoms with Gasteiger partial charge in [-0.1, -0.05) is 48.5 Å². The lowest BCUT2D eigenvalue weighted by atomic mass is 9.93. The number of fused-ring (bicyclic) bond motifs is 3. The zero-order valence-electron chi connectivity index (χ0n) is 19.2. The number of amides is 2. The Balaban J connectivity index is 1.34. The Morgan fingerprint density at radius 2 is 1.71 bits per heavy atom. The largest absolute Gasteiger partial charge is 0.481 e.